The molecule has 1 aromatic rings. The fourth-order valence-electron chi connectivity index (χ4n) is 3.13. The quantitative estimate of drug-likeness (QED) is 0.869. The van der Waals surface area contributed by atoms with Gasteiger partial charge in [-0.1, -0.05) is 19.1 Å². The number of halogens is 1. The SMILES string of the molecule is CCNC(CCN1CCN(C)CC1C)c1ccc(F)cc1. The standard InChI is InChI=1S/C17H28FN3/c1-4-19-17(15-5-7-16(18)8-6-15)9-10-21-12-11-20(3)13-14(21)2/h5-8,14,17,19H,4,9-13H2,1-3H3. The van der Waals surface area contributed by atoms with Crippen molar-refractivity contribution >= 4 is 0 Å². The highest BCUT2D eigenvalue weighted by atomic mass is 19.1. The number of piperazine rings is 1. The number of likely N-dealkylation sites (N-methyl/N-ethyl adjacent to an activating group) is 1. The molecule has 1 fully saturated rings. The molecule has 2 unspecified atom stereocenters. The Kier molecular flexibility index (Phi) is 6.15. The van der Waals surface area contributed by atoms with Gasteiger partial charge in [-0.15, -0.1) is 0 Å². The molecule has 0 radical (unpaired) electrons. The van der Waals surface area contributed by atoms with Crippen molar-refractivity contribution < 1.29 is 4.39 Å². The lowest BCUT2D eigenvalue weighted by Crippen LogP contribution is -2.50. The topological polar surface area (TPSA) is 18.5 Å². The zero-order valence-electron chi connectivity index (χ0n) is 13.5. The zero-order valence-corrected chi connectivity index (χ0v) is 13.5. The average Bonchev–Trinajstić information content (AvgIpc) is 2.46. The minimum atomic E-state index is -0.165. The van der Waals surface area contributed by atoms with E-state index in [1.165, 1.54) is 5.56 Å². The Morgan fingerprint density at radius 3 is 2.62 bits per heavy atom. The summed E-state index contributed by atoms with van der Waals surface area (Å²) >= 11 is 0. The molecule has 0 spiro atoms. The molecule has 2 atom stereocenters. The Hall–Kier alpha value is -0.970. The van der Waals surface area contributed by atoms with Gasteiger partial charge < -0.3 is 10.2 Å². The van der Waals surface area contributed by atoms with Crippen LogP contribution in [0.3, 0.4) is 0 Å². The van der Waals surface area contributed by atoms with Crippen LogP contribution in [-0.2, 0) is 0 Å². The third-order valence-corrected chi connectivity index (χ3v) is 4.40. The van der Waals surface area contributed by atoms with Gasteiger partial charge in [-0.25, -0.2) is 4.39 Å². The highest BCUT2D eigenvalue weighted by Crippen LogP contribution is 2.19. The molecule has 118 valence electrons. The molecule has 1 N–H and O–H groups in total. The van der Waals surface area contributed by atoms with Crippen LogP contribution in [0.1, 0.15) is 31.9 Å². The summed E-state index contributed by atoms with van der Waals surface area (Å²) in [6.07, 6.45) is 1.06. The van der Waals surface area contributed by atoms with E-state index in [2.05, 4.69) is 36.0 Å². The predicted octanol–water partition coefficient (Wildman–Crippen LogP) is 2.50. The number of benzene rings is 1. The second-order valence-electron chi connectivity index (χ2n) is 6.10. The molecule has 0 aliphatic carbocycles. The first kappa shape index (κ1) is 16.4. The van der Waals surface area contributed by atoms with E-state index in [1.54, 1.807) is 12.1 Å². The van der Waals surface area contributed by atoms with Crippen molar-refractivity contribution in [3.05, 3.63) is 35.6 Å². The summed E-state index contributed by atoms with van der Waals surface area (Å²) in [6.45, 7) is 9.87. The number of nitrogens with zero attached hydrogens (tertiary/aromatic N) is 2. The van der Waals surface area contributed by atoms with E-state index in [0.717, 1.165) is 39.1 Å². The summed E-state index contributed by atoms with van der Waals surface area (Å²) in [5, 5.41) is 3.52. The molecule has 4 heteroatoms. The molecule has 0 saturated carbocycles. The van der Waals surface area contributed by atoms with Crippen molar-refractivity contribution in [2.75, 3.05) is 39.8 Å². The molecule has 3 nitrogen and oxygen atoms in total. The molecular weight excluding hydrogens is 265 g/mol. The van der Waals surface area contributed by atoms with Gasteiger partial charge in [0.05, 0.1) is 0 Å². The molecule has 1 aromatic carbocycles. The summed E-state index contributed by atoms with van der Waals surface area (Å²) in [5.74, 6) is -0.165. The molecule has 1 aliphatic heterocycles. The Balaban J connectivity index is 1.92. The molecule has 0 amide bonds. The Morgan fingerprint density at radius 2 is 2.00 bits per heavy atom. The number of hydrogen-bond acceptors (Lipinski definition) is 3. The second kappa shape index (κ2) is 7.87. The van der Waals surface area contributed by atoms with Gasteiger partial charge in [0.15, 0.2) is 0 Å². The largest absolute Gasteiger partial charge is 0.310 e. The van der Waals surface area contributed by atoms with E-state index in [9.17, 15) is 4.39 Å². The third kappa shape index (κ3) is 4.77. The van der Waals surface area contributed by atoms with E-state index in [4.69, 9.17) is 0 Å². The summed E-state index contributed by atoms with van der Waals surface area (Å²) in [5.41, 5.74) is 1.18. The van der Waals surface area contributed by atoms with Gasteiger partial charge in [-0.3, -0.25) is 4.90 Å². The lowest BCUT2D eigenvalue weighted by molar-refractivity contribution is 0.0961. The highest BCUT2D eigenvalue weighted by Gasteiger charge is 2.22. The molecule has 2 rings (SSSR count). The van der Waals surface area contributed by atoms with Gasteiger partial charge in [-0.2, -0.15) is 0 Å². The van der Waals surface area contributed by atoms with Crippen LogP contribution in [0.5, 0.6) is 0 Å². The van der Waals surface area contributed by atoms with Crippen molar-refractivity contribution in [2.45, 2.75) is 32.4 Å². The summed E-state index contributed by atoms with van der Waals surface area (Å²) in [4.78, 5) is 4.96. The first-order chi connectivity index (χ1) is 10.1. The van der Waals surface area contributed by atoms with Gasteiger partial charge >= 0.3 is 0 Å². The lowest BCUT2D eigenvalue weighted by Gasteiger charge is -2.38. The average molecular weight is 293 g/mol. The number of nitrogens with one attached hydrogen (secondary N) is 1. The van der Waals surface area contributed by atoms with Crippen LogP contribution in [-0.4, -0.2) is 55.6 Å². The van der Waals surface area contributed by atoms with Crippen LogP contribution >= 0.6 is 0 Å². The van der Waals surface area contributed by atoms with Gasteiger partial charge in [0, 0.05) is 38.3 Å². The maximum atomic E-state index is 13.1. The fraction of sp³-hybridized carbons (Fsp3) is 0.647. The van der Waals surface area contributed by atoms with Crippen molar-refractivity contribution in [2.24, 2.45) is 0 Å². The summed E-state index contributed by atoms with van der Waals surface area (Å²) in [7, 11) is 2.19. The molecule has 21 heavy (non-hydrogen) atoms. The highest BCUT2D eigenvalue weighted by molar-refractivity contribution is 5.20. The number of rotatable bonds is 6. The van der Waals surface area contributed by atoms with E-state index >= 15 is 0 Å². The molecule has 1 heterocycles. The van der Waals surface area contributed by atoms with Crippen LogP contribution in [0.15, 0.2) is 24.3 Å². The molecule has 1 aliphatic rings. The maximum Gasteiger partial charge on any atom is 0.123 e. The Labute approximate surface area is 128 Å². The minimum absolute atomic E-state index is 0.165. The zero-order chi connectivity index (χ0) is 15.2. The van der Waals surface area contributed by atoms with Gasteiger partial charge in [0.1, 0.15) is 5.82 Å². The first-order valence-corrected chi connectivity index (χ1v) is 8.01. The fourth-order valence-corrected chi connectivity index (χ4v) is 3.13. The normalized spacial score (nSPS) is 22.4. The summed E-state index contributed by atoms with van der Waals surface area (Å²) in [6, 6.07) is 7.82. The van der Waals surface area contributed by atoms with Crippen molar-refractivity contribution in [1.82, 2.24) is 15.1 Å². The van der Waals surface area contributed by atoms with Crippen LogP contribution in [0.2, 0.25) is 0 Å². The van der Waals surface area contributed by atoms with Crippen LogP contribution in [0.4, 0.5) is 4.39 Å². The van der Waals surface area contributed by atoms with Crippen molar-refractivity contribution in [3.63, 3.8) is 0 Å². The van der Waals surface area contributed by atoms with Crippen LogP contribution in [0, 0.1) is 5.82 Å². The van der Waals surface area contributed by atoms with Crippen LogP contribution in [0.25, 0.3) is 0 Å². The summed E-state index contributed by atoms with van der Waals surface area (Å²) < 4.78 is 13.1. The first-order valence-electron chi connectivity index (χ1n) is 8.01. The van der Waals surface area contributed by atoms with Crippen molar-refractivity contribution in [3.8, 4) is 0 Å². The molecular formula is C17H28FN3. The molecule has 0 bridgehead atoms. The monoisotopic (exact) mass is 293 g/mol. The van der Waals surface area contributed by atoms with E-state index in [1.807, 2.05) is 12.1 Å². The smallest absolute Gasteiger partial charge is 0.123 e. The van der Waals surface area contributed by atoms with Crippen molar-refractivity contribution in [1.29, 1.82) is 0 Å². The maximum absolute atomic E-state index is 13.1. The van der Waals surface area contributed by atoms with Gasteiger partial charge in [0.25, 0.3) is 0 Å². The lowest BCUT2D eigenvalue weighted by atomic mass is 10.0. The van der Waals surface area contributed by atoms with E-state index in [-0.39, 0.29) is 5.82 Å². The minimum Gasteiger partial charge on any atom is -0.310 e. The third-order valence-electron chi connectivity index (χ3n) is 4.40. The van der Waals surface area contributed by atoms with E-state index < -0.39 is 0 Å². The molecule has 0 aromatic heterocycles. The number of hydrogen-bond donors (Lipinski definition) is 1. The Morgan fingerprint density at radius 1 is 1.29 bits per heavy atom. The predicted molar refractivity (Wildman–Crippen MR) is 86.0 cm³/mol. The van der Waals surface area contributed by atoms with Crippen LogP contribution < -0.4 is 5.32 Å². The van der Waals surface area contributed by atoms with Gasteiger partial charge in [0.2, 0.25) is 0 Å². The van der Waals surface area contributed by atoms with E-state index in [0.29, 0.717) is 12.1 Å². The second-order valence-corrected chi connectivity index (χ2v) is 6.10. The van der Waals surface area contributed by atoms with Gasteiger partial charge in [-0.05, 0) is 44.6 Å². The molecule has 1 saturated heterocycles. The Bertz CT molecular complexity index is 421.